The van der Waals surface area contributed by atoms with Crippen molar-refractivity contribution in [2.75, 3.05) is 19.7 Å². The fraction of sp³-hybridized carbons (Fsp3) is 0.545. The number of hydrogen-bond donors (Lipinski definition) is 0. The minimum absolute atomic E-state index is 0.0915. The second kappa shape index (κ2) is 9.02. The third-order valence-corrected chi connectivity index (χ3v) is 5.50. The highest BCUT2D eigenvalue weighted by atomic mass is 16.5. The first-order chi connectivity index (χ1) is 12.7. The molecule has 3 atom stereocenters. The third-order valence-electron chi connectivity index (χ3n) is 5.50. The molecule has 3 rings (SSSR count). The predicted octanol–water partition coefficient (Wildman–Crippen LogP) is 3.61. The lowest BCUT2D eigenvalue weighted by atomic mass is 9.86. The Labute approximate surface area is 156 Å². The van der Waals surface area contributed by atoms with Crippen molar-refractivity contribution in [3.63, 3.8) is 0 Å². The largest absolute Gasteiger partial charge is 0.465 e. The summed E-state index contributed by atoms with van der Waals surface area (Å²) in [6, 6.07) is 9.88. The van der Waals surface area contributed by atoms with E-state index < -0.39 is 5.92 Å². The van der Waals surface area contributed by atoms with E-state index in [4.69, 9.17) is 4.74 Å². The Morgan fingerprint density at radius 1 is 1.12 bits per heavy atom. The second-order valence-electron chi connectivity index (χ2n) is 7.52. The van der Waals surface area contributed by atoms with E-state index in [2.05, 4.69) is 12.2 Å². The Bertz CT molecular complexity index is 624. The summed E-state index contributed by atoms with van der Waals surface area (Å²) in [7, 11) is 0. The molecule has 140 valence electrons. The van der Waals surface area contributed by atoms with Crippen LogP contribution in [0.4, 0.5) is 0 Å². The molecule has 1 heterocycles. The number of ether oxygens (including phenoxy) is 1. The second-order valence-corrected chi connectivity index (χ2v) is 7.52. The van der Waals surface area contributed by atoms with Crippen LogP contribution in [0.1, 0.15) is 38.2 Å². The third kappa shape index (κ3) is 4.75. The summed E-state index contributed by atoms with van der Waals surface area (Å²) >= 11 is 0. The van der Waals surface area contributed by atoms with Crippen LogP contribution in [0.25, 0.3) is 0 Å². The van der Waals surface area contributed by atoms with Gasteiger partial charge in [-0.1, -0.05) is 49.4 Å². The van der Waals surface area contributed by atoms with Crippen LogP contribution < -0.4 is 0 Å². The Morgan fingerprint density at radius 3 is 2.38 bits per heavy atom. The molecule has 1 aromatic carbocycles. The number of likely N-dealkylation sites (tertiary alicyclic amines) is 1. The summed E-state index contributed by atoms with van der Waals surface area (Å²) in [6.45, 7) is 4.05. The normalized spacial score (nSPS) is 22.7. The molecule has 0 radical (unpaired) electrons. The number of hydrogen-bond acceptors (Lipinski definition) is 3. The first-order valence-corrected chi connectivity index (χ1v) is 9.80. The summed E-state index contributed by atoms with van der Waals surface area (Å²) in [6.07, 6.45) is 8.19. The zero-order chi connectivity index (χ0) is 18.4. The molecule has 1 aliphatic carbocycles. The number of esters is 1. The molecular formula is C22H29NO3. The zero-order valence-electron chi connectivity index (χ0n) is 15.6. The summed E-state index contributed by atoms with van der Waals surface area (Å²) in [5, 5.41) is 0. The van der Waals surface area contributed by atoms with E-state index in [1.54, 1.807) is 0 Å². The number of fused-ring (bicyclic) bond motifs is 1. The Hall–Kier alpha value is -2.10. The molecule has 3 unspecified atom stereocenters. The fourth-order valence-electron chi connectivity index (χ4n) is 4.02. The van der Waals surface area contributed by atoms with Gasteiger partial charge in [-0.2, -0.15) is 0 Å². The monoisotopic (exact) mass is 355 g/mol. The highest BCUT2D eigenvalue weighted by Crippen LogP contribution is 2.33. The van der Waals surface area contributed by atoms with Crippen LogP contribution in [0.2, 0.25) is 0 Å². The molecule has 0 spiro atoms. The van der Waals surface area contributed by atoms with E-state index in [-0.39, 0.29) is 18.3 Å². The molecule has 1 aromatic rings. The summed E-state index contributed by atoms with van der Waals surface area (Å²) in [5.41, 5.74) is 1.07. The van der Waals surface area contributed by atoms with Gasteiger partial charge in [-0.25, -0.2) is 0 Å². The van der Waals surface area contributed by atoms with Crippen LogP contribution in [-0.4, -0.2) is 36.5 Å². The smallest absolute Gasteiger partial charge is 0.309 e. The van der Waals surface area contributed by atoms with Crippen molar-refractivity contribution in [1.82, 2.24) is 4.90 Å². The number of rotatable bonds is 7. The van der Waals surface area contributed by atoms with Crippen LogP contribution in [0.15, 0.2) is 42.5 Å². The van der Waals surface area contributed by atoms with Crippen molar-refractivity contribution in [3.05, 3.63) is 48.0 Å². The minimum Gasteiger partial charge on any atom is -0.465 e. The highest BCUT2D eigenvalue weighted by Gasteiger charge is 2.36. The van der Waals surface area contributed by atoms with Gasteiger partial charge in [0.15, 0.2) is 0 Å². The lowest BCUT2D eigenvalue weighted by Gasteiger charge is -2.21. The number of benzene rings is 1. The van der Waals surface area contributed by atoms with Gasteiger partial charge in [0, 0.05) is 19.5 Å². The molecule has 0 bridgehead atoms. The SMILES string of the molecule is CCCOC(=O)C(CC(=O)N1CC2CC=CCC2C1)Cc1ccccc1. The molecule has 4 heteroatoms. The number of allylic oxidation sites excluding steroid dienone is 2. The quantitative estimate of drug-likeness (QED) is 0.554. The number of nitrogens with zero attached hydrogens (tertiary/aromatic N) is 1. The molecule has 1 amide bonds. The van der Waals surface area contributed by atoms with Gasteiger partial charge < -0.3 is 9.64 Å². The van der Waals surface area contributed by atoms with Gasteiger partial charge in [-0.05, 0) is 43.1 Å². The standard InChI is InChI=1S/C22H29NO3/c1-2-12-26-22(25)20(13-17-8-4-3-5-9-17)14-21(24)23-15-18-10-6-7-11-19(18)16-23/h3-9,18-20H,2,10-16H2,1H3. The fourth-order valence-corrected chi connectivity index (χ4v) is 4.02. The molecule has 0 N–H and O–H groups in total. The van der Waals surface area contributed by atoms with Crippen molar-refractivity contribution in [2.24, 2.45) is 17.8 Å². The van der Waals surface area contributed by atoms with Crippen molar-refractivity contribution in [3.8, 4) is 0 Å². The number of carbonyl (C=O) groups excluding carboxylic acids is 2. The molecule has 0 saturated carbocycles. The van der Waals surface area contributed by atoms with Gasteiger partial charge in [0.25, 0.3) is 0 Å². The number of amides is 1. The van der Waals surface area contributed by atoms with Crippen LogP contribution in [0, 0.1) is 17.8 Å². The van der Waals surface area contributed by atoms with E-state index in [0.717, 1.165) is 37.9 Å². The molecule has 2 aliphatic rings. The molecular weight excluding hydrogens is 326 g/mol. The van der Waals surface area contributed by atoms with Crippen molar-refractivity contribution in [1.29, 1.82) is 0 Å². The predicted molar refractivity (Wildman–Crippen MR) is 101 cm³/mol. The molecule has 0 aromatic heterocycles. The van der Waals surface area contributed by atoms with Gasteiger partial charge in [-0.3, -0.25) is 9.59 Å². The van der Waals surface area contributed by atoms with E-state index in [1.165, 1.54) is 0 Å². The molecule has 1 saturated heterocycles. The molecule has 1 fully saturated rings. The lowest BCUT2D eigenvalue weighted by Crippen LogP contribution is -2.33. The summed E-state index contributed by atoms with van der Waals surface area (Å²) < 4.78 is 5.36. The maximum Gasteiger partial charge on any atom is 0.309 e. The van der Waals surface area contributed by atoms with E-state index in [9.17, 15) is 9.59 Å². The maximum absolute atomic E-state index is 12.9. The van der Waals surface area contributed by atoms with Gasteiger partial charge in [0.05, 0.1) is 12.5 Å². The van der Waals surface area contributed by atoms with Gasteiger partial charge in [0.2, 0.25) is 5.91 Å². The van der Waals surface area contributed by atoms with E-state index in [1.807, 2.05) is 42.2 Å². The van der Waals surface area contributed by atoms with E-state index in [0.29, 0.717) is 24.9 Å². The highest BCUT2D eigenvalue weighted by molar-refractivity contribution is 5.83. The molecule has 4 nitrogen and oxygen atoms in total. The molecule has 26 heavy (non-hydrogen) atoms. The van der Waals surface area contributed by atoms with Gasteiger partial charge in [-0.15, -0.1) is 0 Å². The average molecular weight is 355 g/mol. The zero-order valence-corrected chi connectivity index (χ0v) is 15.6. The van der Waals surface area contributed by atoms with Crippen LogP contribution in [0.3, 0.4) is 0 Å². The average Bonchev–Trinajstić information content (AvgIpc) is 3.10. The van der Waals surface area contributed by atoms with Gasteiger partial charge >= 0.3 is 5.97 Å². The van der Waals surface area contributed by atoms with Crippen molar-refractivity contribution < 1.29 is 14.3 Å². The number of carbonyl (C=O) groups is 2. The minimum atomic E-state index is -0.405. The first kappa shape index (κ1) is 18.7. The van der Waals surface area contributed by atoms with Crippen molar-refractivity contribution in [2.45, 2.75) is 39.0 Å². The summed E-state index contributed by atoms with van der Waals surface area (Å²) in [5.74, 6) is 0.612. The Kier molecular flexibility index (Phi) is 6.48. The van der Waals surface area contributed by atoms with Gasteiger partial charge in [0.1, 0.15) is 0 Å². The topological polar surface area (TPSA) is 46.6 Å². The van der Waals surface area contributed by atoms with Crippen LogP contribution in [0.5, 0.6) is 0 Å². The lowest BCUT2D eigenvalue weighted by molar-refractivity contribution is -0.151. The Balaban J connectivity index is 1.62. The summed E-state index contributed by atoms with van der Waals surface area (Å²) in [4.78, 5) is 27.3. The van der Waals surface area contributed by atoms with E-state index >= 15 is 0 Å². The first-order valence-electron chi connectivity index (χ1n) is 9.80. The van der Waals surface area contributed by atoms with Crippen molar-refractivity contribution >= 4 is 11.9 Å². The maximum atomic E-state index is 12.9. The Morgan fingerprint density at radius 2 is 1.77 bits per heavy atom. The molecule has 1 aliphatic heterocycles. The van der Waals surface area contributed by atoms with Crippen LogP contribution >= 0.6 is 0 Å². The van der Waals surface area contributed by atoms with Crippen LogP contribution in [-0.2, 0) is 20.7 Å².